The lowest BCUT2D eigenvalue weighted by Crippen LogP contribution is -2.34. The Balaban J connectivity index is 3.06. The third-order valence-corrected chi connectivity index (χ3v) is 5.23. The van der Waals surface area contributed by atoms with Gasteiger partial charge < -0.3 is 5.32 Å². The van der Waals surface area contributed by atoms with E-state index >= 15 is 0 Å². The fourth-order valence-electron chi connectivity index (χ4n) is 1.73. The van der Waals surface area contributed by atoms with E-state index in [0.29, 0.717) is 11.4 Å². The molecule has 1 rings (SSSR count). The van der Waals surface area contributed by atoms with Gasteiger partial charge in [0.25, 0.3) is 0 Å². The van der Waals surface area contributed by atoms with Crippen LogP contribution in [0.1, 0.15) is 32.8 Å². The first-order chi connectivity index (χ1) is 8.91. The van der Waals surface area contributed by atoms with Crippen LogP contribution in [0.25, 0.3) is 0 Å². The first-order valence-electron chi connectivity index (χ1n) is 6.68. The maximum atomic E-state index is 12.5. The topological polar surface area (TPSA) is 49.4 Å². The standard InChI is InChI=1S/C14H24N2O2S/c1-5-10-15-11-13-8-6-7-9-14(13)19(17,18)16(4)12(2)3/h6-9,12,15H,5,10-11H2,1-4H3. The highest BCUT2D eigenvalue weighted by atomic mass is 32.2. The maximum absolute atomic E-state index is 12.5. The number of rotatable bonds is 7. The number of hydrogen-bond acceptors (Lipinski definition) is 3. The van der Waals surface area contributed by atoms with Crippen LogP contribution in [0.4, 0.5) is 0 Å². The quantitative estimate of drug-likeness (QED) is 0.781. The molecule has 0 amide bonds. The molecule has 0 aromatic heterocycles. The van der Waals surface area contributed by atoms with E-state index in [4.69, 9.17) is 0 Å². The van der Waals surface area contributed by atoms with Gasteiger partial charge in [-0.05, 0) is 38.4 Å². The minimum Gasteiger partial charge on any atom is -0.313 e. The number of benzene rings is 1. The zero-order valence-electron chi connectivity index (χ0n) is 12.2. The Hall–Kier alpha value is -0.910. The molecule has 5 heteroatoms. The molecule has 0 saturated carbocycles. The smallest absolute Gasteiger partial charge is 0.243 e. The van der Waals surface area contributed by atoms with Crippen molar-refractivity contribution in [2.75, 3.05) is 13.6 Å². The summed E-state index contributed by atoms with van der Waals surface area (Å²) in [6.07, 6.45) is 1.03. The van der Waals surface area contributed by atoms with Gasteiger partial charge in [-0.2, -0.15) is 4.31 Å². The van der Waals surface area contributed by atoms with Crippen LogP contribution in [0.2, 0.25) is 0 Å². The number of hydrogen-bond donors (Lipinski definition) is 1. The molecule has 0 bridgehead atoms. The fourth-order valence-corrected chi connectivity index (χ4v) is 3.32. The molecule has 4 nitrogen and oxygen atoms in total. The van der Waals surface area contributed by atoms with Crippen LogP contribution in [0, 0.1) is 0 Å². The van der Waals surface area contributed by atoms with Gasteiger partial charge in [0.1, 0.15) is 0 Å². The van der Waals surface area contributed by atoms with Gasteiger partial charge in [-0.15, -0.1) is 0 Å². The number of sulfonamides is 1. The lowest BCUT2D eigenvalue weighted by atomic mass is 10.2. The monoisotopic (exact) mass is 284 g/mol. The molecule has 1 N–H and O–H groups in total. The molecule has 108 valence electrons. The van der Waals surface area contributed by atoms with Crippen LogP contribution in [-0.2, 0) is 16.6 Å². The third-order valence-electron chi connectivity index (χ3n) is 3.10. The van der Waals surface area contributed by atoms with Crippen LogP contribution >= 0.6 is 0 Å². The van der Waals surface area contributed by atoms with Crippen LogP contribution in [-0.4, -0.2) is 32.4 Å². The van der Waals surface area contributed by atoms with Crippen molar-refractivity contribution in [3.05, 3.63) is 29.8 Å². The van der Waals surface area contributed by atoms with Gasteiger partial charge in [0.15, 0.2) is 0 Å². The molecule has 0 saturated heterocycles. The Labute approximate surface area is 116 Å². The molecule has 0 atom stereocenters. The van der Waals surface area contributed by atoms with Crippen molar-refractivity contribution < 1.29 is 8.42 Å². The second-order valence-corrected chi connectivity index (χ2v) is 6.87. The predicted molar refractivity (Wildman–Crippen MR) is 78.5 cm³/mol. The fraction of sp³-hybridized carbons (Fsp3) is 0.571. The van der Waals surface area contributed by atoms with E-state index in [1.54, 1.807) is 19.2 Å². The van der Waals surface area contributed by atoms with Gasteiger partial charge >= 0.3 is 0 Å². The highest BCUT2D eigenvalue weighted by Gasteiger charge is 2.25. The van der Waals surface area contributed by atoms with Gasteiger partial charge in [-0.25, -0.2) is 8.42 Å². The van der Waals surface area contributed by atoms with E-state index in [9.17, 15) is 8.42 Å². The van der Waals surface area contributed by atoms with Crippen molar-refractivity contribution >= 4 is 10.0 Å². The molecular weight excluding hydrogens is 260 g/mol. The van der Waals surface area contributed by atoms with Crippen LogP contribution in [0.5, 0.6) is 0 Å². The Bertz CT molecular complexity index is 498. The Morgan fingerprint density at radius 3 is 2.47 bits per heavy atom. The molecule has 0 heterocycles. The second kappa shape index (κ2) is 7.03. The third kappa shape index (κ3) is 4.03. The van der Waals surface area contributed by atoms with Crippen molar-refractivity contribution in [2.24, 2.45) is 0 Å². The van der Waals surface area contributed by atoms with Crippen LogP contribution in [0.15, 0.2) is 29.2 Å². The summed E-state index contributed by atoms with van der Waals surface area (Å²) in [5.41, 5.74) is 0.823. The van der Waals surface area contributed by atoms with Crippen molar-refractivity contribution in [3.8, 4) is 0 Å². The average molecular weight is 284 g/mol. The Morgan fingerprint density at radius 1 is 1.26 bits per heavy atom. The molecule has 0 aliphatic heterocycles. The molecule has 1 aromatic carbocycles. The molecule has 0 aliphatic rings. The molecule has 0 aliphatic carbocycles. The van der Waals surface area contributed by atoms with Crippen molar-refractivity contribution in [2.45, 2.75) is 44.7 Å². The van der Waals surface area contributed by atoms with E-state index in [0.717, 1.165) is 18.5 Å². The lowest BCUT2D eigenvalue weighted by Gasteiger charge is -2.22. The first kappa shape index (κ1) is 16.1. The van der Waals surface area contributed by atoms with Gasteiger partial charge in [0, 0.05) is 19.6 Å². The maximum Gasteiger partial charge on any atom is 0.243 e. The van der Waals surface area contributed by atoms with Crippen LogP contribution < -0.4 is 5.32 Å². The first-order valence-corrected chi connectivity index (χ1v) is 8.12. The SMILES string of the molecule is CCCNCc1ccccc1S(=O)(=O)N(C)C(C)C. The van der Waals surface area contributed by atoms with Crippen molar-refractivity contribution in [1.82, 2.24) is 9.62 Å². The summed E-state index contributed by atoms with van der Waals surface area (Å²) < 4.78 is 26.5. The molecule has 0 unspecified atom stereocenters. The minimum atomic E-state index is -3.41. The van der Waals surface area contributed by atoms with Crippen LogP contribution in [0.3, 0.4) is 0 Å². The predicted octanol–water partition coefficient (Wildman–Crippen LogP) is 2.22. The molecule has 19 heavy (non-hydrogen) atoms. The normalized spacial score (nSPS) is 12.3. The number of nitrogens with one attached hydrogen (secondary N) is 1. The number of nitrogens with zero attached hydrogens (tertiary/aromatic N) is 1. The summed E-state index contributed by atoms with van der Waals surface area (Å²) in [5, 5.41) is 3.25. The largest absolute Gasteiger partial charge is 0.313 e. The van der Waals surface area contributed by atoms with Gasteiger partial charge in [0.05, 0.1) is 4.90 Å². The second-order valence-electron chi connectivity index (χ2n) is 4.90. The summed E-state index contributed by atoms with van der Waals surface area (Å²) >= 11 is 0. The highest BCUT2D eigenvalue weighted by molar-refractivity contribution is 7.89. The van der Waals surface area contributed by atoms with E-state index in [1.165, 1.54) is 4.31 Å². The molecular formula is C14H24N2O2S. The molecule has 0 spiro atoms. The van der Waals surface area contributed by atoms with E-state index in [1.807, 2.05) is 26.0 Å². The van der Waals surface area contributed by atoms with E-state index < -0.39 is 10.0 Å². The van der Waals surface area contributed by atoms with Crippen molar-refractivity contribution in [3.63, 3.8) is 0 Å². The van der Waals surface area contributed by atoms with E-state index in [2.05, 4.69) is 12.2 Å². The lowest BCUT2D eigenvalue weighted by molar-refractivity contribution is 0.410. The summed E-state index contributed by atoms with van der Waals surface area (Å²) in [4.78, 5) is 0.398. The molecule has 0 radical (unpaired) electrons. The van der Waals surface area contributed by atoms with Gasteiger partial charge in [-0.3, -0.25) is 0 Å². The summed E-state index contributed by atoms with van der Waals surface area (Å²) in [6, 6.07) is 7.13. The Kier molecular flexibility index (Phi) is 5.97. The minimum absolute atomic E-state index is 0.0540. The van der Waals surface area contributed by atoms with Gasteiger partial charge in [-0.1, -0.05) is 25.1 Å². The summed E-state index contributed by atoms with van der Waals surface area (Å²) in [5.74, 6) is 0. The average Bonchev–Trinajstić information content (AvgIpc) is 2.38. The van der Waals surface area contributed by atoms with Crippen molar-refractivity contribution in [1.29, 1.82) is 0 Å². The summed E-state index contributed by atoms with van der Waals surface area (Å²) in [7, 11) is -1.79. The molecule has 1 aromatic rings. The summed E-state index contributed by atoms with van der Waals surface area (Å²) in [6.45, 7) is 7.29. The molecule has 0 fully saturated rings. The van der Waals surface area contributed by atoms with E-state index in [-0.39, 0.29) is 6.04 Å². The highest BCUT2D eigenvalue weighted by Crippen LogP contribution is 2.20. The Morgan fingerprint density at radius 2 is 1.89 bits per heavy atom. The van der Waals surface area contributed by atoms with Gasteiger partial charge in [0.2, 0.25) is 10.0 Å². The zero-order chi connectivity index (χ0) is 14.5. The zero-order valence-corrected chi connectivity index (χ0v) is 13.0.